The highest BCUT2D eigenvalue weighted by molar-refractivity contribution is 7.17. The number of thiazole rings is 1. The van der Waals surface area contributed by atoms with Crippen molar-refractivity contribution in [2.45, 2.75) is 34.6 Å². The van der Waals surface area contributed by atoms with E-state index in [9.17, 15) is 4.79 Å². The van der Waals surface area contributed by atoms with E-state index in [1.165, 1.54) is 22.5 Å². The first-order chi connectivity index (χ1) is 11.9. The van der Waals surface area contributed by atoms with Gasteiger partial charge in [-0.3, -0.25) is 4.79 Å². The summed E-state index contributed by atoms with van der Waals surface area (Å²) < 4.78 is 0. The number of carbonyl (C=O) groups is 1. The van der Waals surface area contributed by atoms with Crippen molar-refractivity contribution >= 4 is 17.2 Å². The maximum absolute atomic E-state index is 12.8. The summed E-state index contributed by atoms with van der Waals surface area (Å²) in [6.45, 7) is 14.1. The summed E-state index contributed by atoms with van der Waals surface area (Å²) in [5.41, 5.74) is 4.42. The normalized spacial score (nSPS) is 11.2. The Labute approximate surface area is 155 Å². The summed E-state index contributed by atoms with van der Waals surface area (Å²) in [4.78, 5) is 22.4. The van der Waals surface area contributed by atoms with E-state index in [0.29, 0.717) is 0 Å². The van der Waals surface area contributed by atoms with Crippen molar-refractivity contribution in [3.05, 3.63) is 39.9 Å². The van der Waals surface area contributed by atoms with Gasteiger partial charge in [0.25, 0.3) is 5.91 Å². The molecule has 2 rings (SSSR count). The molecule has 0 saturated heterocycles. The van der Waals surface area contributed by atoms with Crippen molar-refractivity contribution in [2.24, 2.45) is 0 Å². The summed E-state index contributed by atoms with van der Waals surface area (Å²) in [5.74, 6) is 0.0683. The van der Waals surface area contributed by atoms with Gasteiger partial charge in [0.15, 0.2) is 0 Å². The number of benzene rings is 1. The smallest absolute Gasteiger partial charge is 0.265 e. The number of aromatic nitrogens is 1. The van der Waals surface area contributed by atoms with Gasteiger partial charge >= 0.3 is 0 Å². The lowest BCUT2D eigenvalue weighted by atomic mass is 10.0. The second kappa shape index (κ2) is 8.59. The molecule has 2 aromatic rings. The van der Waals surface area contributed by atoms with E-state index >= 15 is 0 Å². The average Bonchev–Trinajstić information content (AvgIpc) is 2.98. The van der Waals surface area contributed by atoms with Gasteiger partial charge < -0.3 is 9.80 Å². The van der Waals surface area contributed by atoms with Gasteiger partial charge in [0, 0.05) is 25.7 Å². The van der Waals surface area contributed by atoms with E-state index in [1.54, 1.807) is 0 Å². The molecular weight excluding hydrogens is 330 g/mol. The van der Waals surface area contributed by atoms with Gasteiger partial charge in [-0.25, -0.2) is 4.98 Å². The van der Waals surface area contributed by atoms with E-state index in [0.717, 1.165) is 47.3 Å². The first-order valence-electron chi connectivity index (χ1n) is 8.90. The van der Waals surface area contributed by atoms with E-state index in [4.69, 9.17) is 0 Å². The SMILES string of the molecule is CCN(CC)CCN(C)C(=O)c1sc(-c2cccc(C)c2C)nc1C. The zero-order chi connectivity index (χ0) is 18.6. The Morgan fingerprint density at radius 3 is 2.44 bits per heavy atom. The molecule has 0 spiro atoms. The molecule has 4 nitrogen and oxygen atoms in total. The average molecular weight is 360 g/mol. The minimum Gasteiger partial charge on any atom is -0.340 e. The first-order valence-corrected chi connectivity index (χ1v) is 9.72. The molecule has 0 atom stereocenters. The second-order valence-electron chi connectivity index (χ2n) is 6.43. The summed E-state index contributed by atoms with van der Waals surface area (Å²) >= 11 is 1.50. The Bertz CT molecular complexity index is 735. The molecule has 1 aromatic carbocycles. The quantitative estimate of drug-likeness (QED) is 0.745. The number of aryl methyl sites for hydroxylation is 2. The predicted molar refractivity (Wildman–Crippen MR) is 107 cm³/mol. The van der Waals surface area contributed by atoms with Crippen LogP contribution in [0.15, 0.2) is 18.2 Å². The van der Waals surface area contributed by atoms with Crippen LogP contribution in [0.25, 0.3) is 10.6 Å². The van der Waals surface area contributed by atoms with Crippen molar-refractivity contribution in [3.8, 4) is 10.6 Å². The number of rotatable bonds is 7. The summed E-state index contributed by atoms with van der Waals surface area (Å²) in [7, 11) is 1.88. The molecule has 1 heterocycles. The Morgan fingerprint density at radius 2 is 1.80 bits per heavy atom. The molecule has 0 aliphatic rings. The van der Waals surface area contributed by atoms with Crippen LogP contribution < -0.4 is 0 Å². The molecule has 0 unspecified atom stereocenters. The maximum Gasteiger partial charge on any atom is 0.265 e. The van der Waals surface area contributed by atoms with Gasteiger partial charge in [0.2, 0.25) is 0 Å². The third kappa shape index (κ3) is 4.47. The molecule has 5 heteroatoms. The predicted octanol–water partition coefficient (Wildman–Crippen LogP) is 4.15. The van der Waals surface area contributed by atoms with E-state index in [2.05, 4.69) is 49.7 Å². The molecule has 1 aromatic heterocycles. The molecule has 0 radical (unpaired) electrons. The summed E-state index contributed by atoms with van der Waals surface area (Å²) in [5, 5.41) is 0.930. The van der Waals surface area contributed by atoms with Gasteiger partial charge in [-0.05, 0) is 45.0 Å². The van der Waals surface area contributed by atoms with Crippen LogP contribution in [0.5, 0.6) is 0 Å². The van der Waals surface area contributed by atoms with E-state index < -0.39 is 0 Å². The van der Waals surface area contributed by atoms with Crippen molar-refractivity contribution < 1.29 is 4.79 Å². The molecule has 25 heavy (non-hydrogen) atoms. The van der Waals surface area contributed by atoms with Gasteiger partial charge in [0.05, 0.1) is 5.69 Å². The van der Waals surface area contributed by atoms with Crippen molar-refractivity contribution in [3.63, 3.8) is 0 Å². The molecular formula is C20H29N3OS. The standard InChI is InChI=1S/C20H29N3OS/c1-7-23(8-2)13-12-22(6)20(24)18-16(5)21-19(25-18)17-11-9-10-14(3)15(17)4/h9-11H,7-8,12-13H2,1-6H3. The van der Waals surface area contributed by atoms with Gasteiger partial charge in [-0.2, -0.15) is 0 Å². The summed E-state index contributed by atoms with van der Waals surface area (Å²) in [6, 6.07) is 6.23. The Balaban J connectivity index is 2.19. The molecule has 0 bridgehead atoms. The molecule has 0 aliphatic carbocycles. The number of likely N-dealkylation sites (N-methyl/N-ethyl adjacent to an activating group) is 2. The van der Waals surface area contributed by atoms with Crippen LogP contribution in [0.3, 0.4) is 0 Å². The third-order valence-corrected chi connectivity index (χ3v) is 6.00. The lowest BCUT2D eigenvalue weighted by Crippen LogP contribution is -2.36. The van der Waals surface area contributed by atoms with Crippen LogP contribution >= 0.6 is 11.3 Å². The largest absolute Gasteiger partial charge is 0.340 e. The number of carbonyl (C=O) groups excluding carboxylic acids is 1. The molecule has 0 fully saturated rings. The van der Waals surface area contributed by atoms with Crippen molar-refractivity contribution in [1.29, 1.82) is 0 Å². The van der Waals surface area contributed by atoms with Gasteiger partial charge in [-0.15, -0.1) is 11.3 Å². The van der Waals surface area contributed by atoms with Crippen LogP contribution in [0.4, 0.5) is 0 Å². The molecule has 136 valence electrons. The van der Waals surface area contributed by atoms with Crippen molar-refractivity contribution in [2.75, 3.05) is 33.2 Å². The van der Waals surface area contributed by atoms with Gasteiger partial charge in [-0.1, -0.05) is 32.0 Å². The minimum absolute atomic E-state index is 0.0683. The van der Waals surface area contributed by atoms with Crippen LogP contribution in [0, 0.1) is 20.8 Å². The van der Waals surface area contributed by atoms with Gasteiger partial charge in [0.1, 0.15) is 9.88 Å². The first kappa shape index (κ1) is 19.6. The zero-order valence-corrected chi connectivity index (χ0v) is 17.0. The Morgan fingerprint density at radius 1 is 1.12 bits per heavy atom. The lowest BCUT2D eigenvalue weighted by Gasteiger charge is -2.22. The molecule has 0 saturated carbocycles. The Hall–Kier alpha value is -1.72. The third-order valence-electron chi connectivity index (χ3n) is 4.82. The molecule has 0 N–H and O–H groups in total. The number of nitrogens with zero attached hydrogens (tertiary/aromatic N) is 3. The minimum atomic E-state index is 0.0683. The fourth-order valence-electron chi connectivity index (χ4n) is 2.80. The van der Waals surface area contributed by atoms with Crippen LogP contribution in [-0.2, 0) is 0 Å². The van der Waals surface area contributed by atoms with Crippen molar-refractivity contribution in [1.82, 2.24) is 14.8 Å². The molecule has 0 aliphatic heterocycles. The number of hydrogen-bond donors (Lipinski definition) is 0. The Kier molecular flexibility index (Phi) is 6.73. The monoisotopic (exact) mass is 359 g/mol. The second-order valence-corrected chi connectivity index (χ2v) is 7.43. The van der Waals surface area contributed by atoms with E-state index in [1.807, 2.05) is 24.9 Å². The fourth-order valence-corrected chi connectivity index (χ4v) is 3.94. The van der Waals surface area contributed by atoms with Crippen LogP contribution in [0.2, 0.25) is 0 Å². The number of amides is 1. The summed E-state index contributed by atoms with van der Waals surface area (Å²) in [6.07, 6.45) is 0. The highest BCUT2D eigenvalue weighted by Crippen LogP contribution is 2.31. The van der Waals surface area contributed by atoms with Crippen LogP contribution in [0.1, 0.15) is 40.3 Å². The zero-order valence-electron chi connectivity index (χ0n) is 16.2. The fraction of sp³-hybridized carbons (Fsp3) is 0.500. The number of hydrogen-bond acceptors (Lipinski definition) is 4. The maximum atomic E-state index is 12.8. The van der Waals surface area contributed by atoms with E-state index in [-0.39, 0.29) is 5.91 Å². The highest BCUT2D eigenvalue weighted by atomic mass is 32.1. The lowest BCUT2D eigenvalue weighted by molar-refractivity contribution is 0.0783. The topological polar surface area (TPSA) is 36.4 Å². The van der Waals surface area contributed by atoms with Crippen LogP contribution in [-0.4, -0.2) is 53.9 Å². The highest BCUT2D eigenvalue weighted by Gasteiger charge is 2.20. The molecule has 1 amide bonds.